The van der Waals surface area contributed by atoms with E-state index < -0.39 is 24.1 Å². The lowest BCUT2D eigenvalue weighted by Crippen LogP contribution is -2.37. The molecule has 0 aliphatic rings. The Morgan fingerprint density at radius 3 is 1.39 bits per heavy atom. The van der Waals surface area contributed by atoms with Gasteiger partial charge in [-0.15, -0.1) is 0 Å². The SMILES string of the molecule is O=C(O)C(CC(Oc1ccccc1)C(=O)O)Oc1ccccc1. The number of carboxylic acids is 2. The molecule has 0 saturated carbocycles. The van der Waals surface area contributed by atoms with Crippen LogP contribution in [-0.2, 0) is 9.59 Å². The lowest BCUT2D eigenvalue weighted by Gasteiger charge is -2.20. The monoisotopic (exact) mass is 316 g/mol. The highest BCUT2D eigenvalue weighted by molar-refractivity contribution is 5.77. The van der Waals surface area contributed by atoms with Crippen molar-refractivity contribution >= 4 is 11.9 Å². The highest BCUT2D eigenvalue weighted by atomic mass is 16.5. The molecule has 2 rings (SSSR count). The third-order valence-corrected chi connectivity index (χ3v) is 3.02. The van der Waals surface area contributed by atoms with Crippen molar-refractivity contribution in [2.45, 2.75) is 18.6 Å². The molecule has 120 valence electrons. The third kappa shape index (κ3) is 5.03. The Bertz CT molecular complexity index is 583. The number of hydrogen-bond donors (Lipinski definition) is 2. The van der Waals surface area contributed by atoms with Crippen molar-refractivity contribution in [3.63, 3.8) is 0 Å². The Labute approximate surface area is 132 Å². The van der Waals surface area contributed by atoms with Gasteiger partial charge in [0.1, 0.15) is 11.5 Å². The van der Waals surface area contributed by atoms with Crippen LogP contribution in [0.25, 0.3) is 0 Å². The van der Waals surface area contributed by atoms with Crippen LogP contribution in [0, 0.1) is 0 Å². The lowest BCUT2D eigenvalue weighted by molar-refractivity contribution is -0.151. The van der Waals surface area contributed by atoms with Crippen LogP contribution in [0.15, 0.2) is 60.7 Å². The number of hydrogen-bond acceptors (Lipinski definition) is 4. The minimum atomic E-state index is -1.33. The van der Waals surface area contributed by atoms with Gasteiger partial charge in [-0.05, 0) is 24.3 Å². The summed E-state index contributed by atoms with van der Waals surface area (Å²) in [6.07, 6.45) is -2.99. The molecule has 2 aromatic rings. The predicted molar refractivity (Wildman–Crippen MR) is 81.6 cm³/mol. The molecule has 0 saturated heterocycles. The summed E-state index contributed by atoms with van der Waals surface area (Å²) in [5.41, 5.74) is 0. The normalized spacial score (nSPS) is 12.9. The van der Waals surface area contributed by atoms with Crippen LogP contribution >= 0.6 is 0 Å². The average Bonchev–Trinajstić information content (AvgIpc) is 2.55. The molecular formula is C17H16O6. The summed E-state index contributed by atoms with van der Waals surface area (Å²) in [5.74, 6) is -1.80. The highest BCUT2D eigenvalue weighted by Crippen LogP contribution is 2.18. The van der Waals surface area contributed by atoms with Gasteiger partial charge >= 0.3 is 11.9 Å². The quantitative estimate of drug-likeness (QED) is 0.777. The molecular weight excluding hydrogens is 300 g/mol. The molecule has 2 atom stereocenters. The first-order valence-electron chi connectivity index (χ1n) is 6.95. The van der Waals surface area contributed by atoms with Gasteiger partial charge < -0.3 is 19.7 Å². The number of carbonyl (C=O) groups is 2. The van der Waals surface area contributed by atoms with E-state index in [9.17, 15) is 19.8 Å². The van der Waals surface area contributed by atoms with E-state index in [-0.39, 0.29) is 6.42 Å². The molecule has 2 unspecified atom stereocenters. The van der Waals surface area contributed by atoms with Crippen LogP contribution in [-0.4, -0.2) is 34.4 Å². The van der Waals surface area contributed by atoms with Gasteiger partial charge in [-0.2, -0.15) is 0 Å². The molecule has 6 nitrogen and oxygen atoms in total. The molecule has 0 aliphatic carbocycles. The molecule has 2 aromatic carbocycles. The van der Waals surface area contributed by atoms with Crippen LogP contribution in [0.5, 0.6) is 11.5 Å². The second kappa shape index (κ2) is 7.84. The summed E-state index contributed by atoms with van der Waals surface area (Å²) in [7, 11) is 0. The minimum Gasteiger partial charge on any atom is -0.479 e. The van der Waals surface area contributed by atoms with Gasteiger partial charge in [-0.3, -0.25) is 0 Å². The number of para-hydroxylation sites is 2. The summed E-state index contributed by atoms with van der Waals surface area (Å²) in [6, 6.07) is 16.7. The fraction of sp³-hybridized carbons (Fsp3) is 0.176. The fourth-order valence-corrected chi connectivity index (χ4v) is 1.92. The summed E-state index contributed by atoms with van der Waals surface area (Å²) >= 11 is 0. The summed E-state index contributed by atoms with van der Waals surface area (Å²) in [6.45, 7) is 0. The van der Waals surface area contributed by atoms with Crippen molar-refractivity contribution in [1.29, 1.82) is 0 Å². The minimum absolute atomic E-state index is 0.325. The second-order valence-corrected chi connectivity index (χ2v) is 4.75. The van der Waals surface area contributed by atoms with Gasteiger partial charge in [0.2, 0.25) is 0 Å². The van der Waals surface area contributed by atoms with E-state index in [0.717, 1.165) is 0 Å². The largest absolute Gasteiger partial charge is 0.479 e. The second-order valence-electron chi connectivity index (χ2n) is 4.75. The maximum atomic E-state index is 11.3. The number of ether oxygens (including phenoxy) is 2. The Hall–Kier alpha value is -3.02. The molecule has 0 heterocycles. The van der Waals surface area contributed by atoms with Crippen molar-refractivity contribution in [3.8, 4) is 11.5 Å². The van der Waals surface area contributed by atoms with Crippen LogP contribution in [0.1, 0.15) is 6.42 Å². The standard InChI is InChI=1S/C17H16O6/c18-16(19)14(22-12-7-3-1-4-8-12)11-15(17(20)21)23-13-9-5-2-6-10-13/h1-10,14-15H,11H2,(H,18,19)(H,20,21). The first-order chi connectivity index (χ1) is 11.1. The van der Waals surface area contributed by atoms with Crippen molar-refractivity contribution in [1.82, 2.24) is 0 Å². The summed E-state index contributed by atoms with van der Waals surface area (Å²) in [4.78, 5) is 22.7. The zero-order valence-corrected chi connectivity index (χ0v) is 12.2. The van der Waals surface area contributed by atoms with Gasteiger partial charge in [0, 0.05) is 6.42 Å². The Morgan fingerprint density at radius 1 is 0.739 bits per heavy atom. The molecule has 0 radical (unpaired) electrons. The molecule has 23 heavy (non-hydrogen) atoms. The fourth-order valence-electron chi connectivity index (χ4n) is 1.92. The molecule has 0 fully saturated rings. The zero-order chi connectivity index (χ0) is 16.7. The van der Waals surface area contributed by atoms with Gasteiger partial charge in [0.25, 0.3) is 0 Å². The molecule has 0 amide bonds. The predicted octanol–water partition coefficient (Wildman–Crippen LogP) is 2.44. The van der Waals surface area contributed by atoms with Crippen molar-refractivity contribution in [2.75, 3.05) is 0 Å². The Morgan fingerprint density at radius 2 is 1.09 bits per heavy atom. The highest BCUT2D eigenvalue weighted by Gasteiger charge is 2.30. The van der Waals surface area contributed by atoms with E-state index in [1.54, 1.807) is 60.7 Å². The van der Waals surface area contributed by atoms with Gasteiger partial charge in [-0.1, -0.05) is 36.4 Å². The van der Waals surface area contributed by atoms with E-state index in [1.807, 2.05) is 0 Å². The van der Waals surface area contributed by atoms with Crippen LogP contribution in [0.3, 0.4) is 0 Å². The molecule has 0 aromatic heterocycles. The zero-order valence-electron chi connectivity index (χ0n) is 12.2. The van der Waals surface area contributed by atoms with Crippen LogP contribution < -0.4 is 9.47 Å². The van der Waals surface area contributed by atoms with Gasteiger partial charge in [-0.25, -0.2) is 9.59 Å². The van der Waals surface area contributed by atoms with Crippen LogP contribution in [0.4, 0.5) is 0 Å². The summed E-state index contributed by atoms with van der Waals surface area (Å²) in [5, 5.41) is 18.5. The van der Waals surface area contributed by atoms with E-state index in [4.69, 9.17) is 9.47 Å². The molecule has 0 spiro atoms. The van der Waals surface area contributed by atoms with E-state index in [1.165, 1.54) is 0 Å². The molecule has 0 bridgehead atoms. The van der Waals surface area contributed by atoms with Crippen molar-refractivity contribution < 1.29 is 29.3 Å². The summed E-state index contributed by atoms with van der Waals surface area (Å²) < 4.78 is 10.7. The van der Waals surface area contributed by atoms with E-state index in [0.29, 0.717) is 11.5 Å². The van der Waals surface area contributed by atoms with Crippen molar-refractivity contribution in [3.05, 3.63) is 60.7 Å². The van der Waals surface area contributed by atoms with E-state index >= 15 is 0 Å². The first-order valence-corrected chi connectivity index (χ1v) is 6.95. The van der Waals surface area contributed by atoms with Crippen LogP contribution in [0.2, 0.25) is 0 Å². The number of carboxylic acid groups (broad SMARTS) is 2. The smallest absolute Gasteiger partial charge is 0.345 e. The Balaban J connectivity index is 2.08. The van der Waals surface area contributed by atoms with E-state index in [2.05, 4.69) is 0 Å². The third-order valence-electron chi connectivity index (χ3n) is 3.02. The number of aliphatic carboxylic acids is 2. The number of benzene rings is 2. The van der Waals surface area contributed by atoms with Gasteiger partial charge in [0.05, 0.1) is 0 Å². The van der Waals surface area contributed by atoms with Gasteiger partial charge in [0.15, 0.2) is 12.2 Å². The lowest BCUT2D eigenvalue weighted by atomic mass is 10.1. The Kier molecular flexibility index (Phi) is 5.57. The number of rotatable bonds is 8. The maximum absolute atomic E-state index is 11.3. The molecule has 2 N–H and O–H groups in total. The van der Waals surface area contributed by atoms with Crippen molar-refractivity contribution in [2.24, 2.45) is 0 Å². The maximum Gasteiger partial charge on any atom is 0.345 e. The average molecular weight is 316 g/mol. The topological polar surface area (TPSA) is 93.1 Å². The molecule has 0 aliphatic heterocycles. The first kappa shape index (κ1) is 16.4. The molecule has 6 heteroatoms.